The molecular weight excluding hydrogens is 276 g/mol. The maximum atomic E-state index is 4.20. The zero-order chi connectivity index (χ0) is 12.9. The lowest BCUT2D eigenvalue weighted by Crippen LogP contribution is -2.40. The number of pyridine rings is 1. The Hall–Kier alpha value is -0.410. The third-order valence-corrected chi connectivity index (χ3v) is 3.41. The van der Waals surface area contributed by atoms with Crippen molar-refractivity contribution >= 4 is 15.9 Å². The zero-order valence-electron chi connectivity index (χ0n) is 11.3. The Kier molecular flexibility index (Phi) is 5.60. The number of aromatic nitrogens is 1. The van der Waals surface area contributed by atoms with E-state index in [9.17, 15) is 0 Å². The lowest BCUT2D eigenvalue weighted by atomic mass is 9.83. The first kappa shape index (κ1) is 14.7. The molecule has 17 heavy (non-hydrogen) atoms. The maximum absolute atomic E-state index is 4.20. The van der Waals surface area contributed by atoms with Crippen molar-refractivity contribution in [1.29, 1.82) is 0 Å². The fourth-order valence-electron chi connectivity index (χ4n) is 1.99. The zero-order valence-corrected chi connectivity index (χ0v) is 12.8. The van der Waals surface area contributed by atoms with Crippen LogP contribution in [-0.2, 0) is 6.42 Å². The molecule has 0 bridgehead atoms. The van der Waals surface area contributed by atoms with Crippen molar-refractivity contribution in [2.24, 2.45) is 5.41 Å². The van der Waals surface area contributed by atoms with Crippen LogP contribution < -0.4 is 5.32 Å². The molecule has 1 aromatic rings. The van der Waals surface area contributed by atoms with E-state index in [1.165, 1.54) is 5.56 Å². The molecule has 2 nitrogen and oxygen atoms in total. The van der Waals surface area contributed by atoms with E-state index in [0.29, 0.717) is 11.5 Å². The predicted octanol–water partition coefficient (Wildman–Crippen LogP) is 3.80. The summed E-state index contributed by atoms with van der Waals surface area (Å²) in [4.78, 5) is 4.20. The lowest BCUT2D eigenvalue weighted by molar-refractivity contribution is 0.258. The highest BCUT2D eigenvalue weighted by atomic mass is 79.9. The van der Waals surface area contributed by atoms with Crippen LogP contribution in [0.2, 0.25) is 0 Å². The number of hydrogen-bond acceptors (Lipinski definition) is 2. The SMILES string of the molecule is CCNC(CCc1cncc(Br)c1)C(C)(C)C. The molecule has 0 amide bonds. The quantitative estimate of drug-likeness (QED) is 0.894. The number of rotatable bonds is 5. The summed E-state index contributed by atoms with van der Waals surface area (Å²) >= 11 is 3.46. The van der Waals surface area contributed by atoms with Gasteiger partial charge in [0.05, 0.1) is 0 Å². The van der Waals surface area contributed by atoms with Crippen LogP contribution in [0, 0.1) is 5.41 Å². The van der Waals surface area contributed by atoms with Crippen LogP contribution >= 0.6 is 15.9 Å². The highest BCUT2D eigenvalue weighted by Crippen LogP contribution is 2.23. The van der Waals surface area contributed by atoms with Crippen LogP contribution in [0.5, 0.6) is 0 Å². The van der Waals surface area contributed by atoms with Gasteiger partial charge in [-0.3, -0.25) is 4.98 Å². The molecule has 0 aliphatic carbocycles. The number of aryl methyl sites for hydroxylation is 1. The van der Waals surface area contributed by atoms with E-state index in [1.54, 1.807) is 0 Å². The van der Waals surface area contributed by atoms with Crippen molar-refractivity contribution in [2.75, 3.05) is 6.54 Å². The van der Waals surface area contributed by atoms with E-state index < -0.39 is 0 Å². The van der Waals surface area contributed by atoms with Crippen LogP contribution in [0.1, 0.15) is 39.7 Å². The first-order valence-corrected chi connectivity index (χ1v) is 7.05. The van der Waals surface area contributed by atoms with Gasteiger partial charge in [-0.2, -0.15) is 0 Å². The van der Waals surface area contributed by atoms with Gasteiger partial charge in [-0.1, -0.05) is 27.7 Å². The molecule has 0 aliphatic rings. The van der Waals surface area contributed by atoms with Gasteiger partial charge < -0.3 is 5.32 Å². The predicted molar refractivity (Wildman–Crippen MR) is 77.2 cm³/mol. The summed E-state index contributed by atoms with van der Waals surface area (Å²) in [5.41, 5.74) is 1.60. The van der Waals surface area contributed by atoms with Crippen molar-refractivity contribution < 1.29 is 0 Å². The van der Waals surface area contributed by atoms with Crippen LogP contribution in [-0.4, -0.2) is 17.6 Å². The monoisotopic (exact) mass is 298 g/mol. The third kappa shape index (κ3) is 5.17. The average Bonchev–Trinajstić information content (AvgIpc) is 2.22. The summed E-state index contributed by atoms with van der Waals surface area (Å²) in [6.45, 7) is 10.1. The average molecular weight is 299 g/mol. The molecular formula is C14H23BrN2. The molecule has 0 saturated carbocycles. The molecule has 0 saturated heterocycles. The van der Waals surface area contributed by atoms with E-state index in [-0.39, 0.29) is 0 Å². The number of nitrogens with one attached hydrogen (secondary N) is 1. The number of halogens is 1. The first-order chi connectivity index (χ1) is 7.93. The Morgan fingerprint density at radius 1 is 1.35 bits per heavy atom. The van der Waals surface area contributed by atoms with E-state index >= 15 is 0 Å². The molecule has 1 atom stereocenters. The van der Waals surface area contributed by atoms with Gasteiger partial charge in [0.2, 0.25) is 0 Å². The minimum absolute atomic E-state index is 0.301. The van der Waals surface area contributed by atoms with Gasteiger partial charge in [0.1, 0.15) is 0 Å². The van der Waals surface area contributed by atoms with Gasteiger partial charge in [0.15, 0.2) is 0 Å². The van der Waals surface area contributed by atoms with Crippen molar-refractivity contribution in [1.82, 2.24) is 10.3 Å². The summed E-state index contributed by atoms with van der Waals surface area (Å²) < 4.78 is 1.06. The Morgan fingerprint density at radius 3 is 2.59 bits per heavy atom. The molecule has 1 unspecified atom stereocenters. The van der Waals surface area contributed by atoms with Gasteiger partial charge >= 0.3 is 0 Å². The normalized spacial score (nSPS) is 13.7. The van der Waals surface area contributed by atoms with E-state index in [2.05, 4.69) is 60.0 Å². The van der Waals surface area contributed by atoms with Crippen LogP contribution in [0.15, 0.2) is 22.9 Å². The first-order valence-electron chi connectivity index (χ1n) is 6.26. The van der Waals surface area contributed by atoms with Crippen molar-refractivity contribution in [2.45, 2.75) is 46.6 Å². The topological polar surface area (TPSA) is 24.9 Å². The van der Waals surface area contributed by atoms with Crippen molar-refractivity contribution in [3.8, 4) is 0 Å². The third-order valence-electron chi connectivity index (χ3n) is 2.98. The van der Waals surface area contributed by atoms with E-state index in [4.69, 9.17) is 0 Å². The molecule has 1 N–H and O–H groups in total. The number of nitrogens with zero attached hydrogens (tertiary/aromatic N) is 1. The summed E-state index contributed by atoms with van der Waals surface area (Å²) in [5.74, 6) is 0. The Bertz CT molecular complexity index is 344. The molecule has 96 valence electrons. The summed E-state index contributed by atoms with van der Waals surface area (Å²) in [5, 5.41) is 3.58. The van der Waals surface area contributed by atoms with Crippen LogP contribution in [0.4, 0.5) is 0 Å². The Labute approximate surface area is 113 Å². The second-order valence-electron chi connectivity index (χ2n) is 5.53. The van der Waals surface area contributed by atoms with Gasteiger partial charge in [-0.05, 0) is 52.4 Å². The molecule has 1 aromatic heterocycles. The van der Waals surface area contributed by atoms with Gasteiger partial charge in [0.25, 0.3) is 0 Å². The molecule has 0 fully saturated rings. The fourth-order valence-corrected chi connectivity index (χ4v) is 2.40. The summed E-state index contributed by atoms with van der Waals surface area (Å²) in [6.07, 6.45) is 6.00. The smallest absolute Gasteiger partial charge is 0.0410 e. The highest BCUT2D eigenvalue weighted by molar-refractivity contribution is 9.10. The second kappa shape index (κ2) is 6.50. The lowest BCUT2D eigenvalue weighted by Gasteiger charge is -2.31. The molecule has 1 rings (SSSR count). The fraction of sp³-hybridized carbons (Fsp3) is 0.643. The largest absolute Gasteiger partial charge is 0.314 e. The Morgan fingerprint density at radius 2 is 2.06 bits per heavy atom. The Balaban J connectivity index is 2.58. The maximum Gasteiger partial charge on any atom is 0.0410 e. The molecule has 1 heterocycles. The van der Waals surface area contributed by atoms with Crippen LogP contribution in [0.25, 0.3) is 0 Å². The van der Waals surface area contributed by atoms with Gasteiger partial charge in [-0.25, -0.2) is 0 Å². The van der Waals surface area contributed by atoms with Crippen LogP contribution in [0.3, 0.4) is 0 Å². The van der Waals surface area contributed by atoms with E-state index in [1.807, 2.05) is 12.4 Å². The minimum atomic E-state index is 0.301. The molecule has 3 heteroatoms. The van der Waals surface area contributed by atoms with Crippen molar-refractivity contribution in [3.05, 3.63) is 28.5 Å². The second-order valence-corrected chi connectivity index (χ2v) is 6.44. The molecule has 0 aromatic carbocycles. The van der Waals surface area contributed by atoms with Gasteiger partial charge in [0, 0.05) is 22.9 Å². The summed E-state index contributed by atoms with van der Waals surface area (Å²) in [6, 6.07) is 2.70. The minimum Gasteiger partial charge on any atom is -0.314 e. The summed E-state index contributed by atoms with van der Waals surface area (Å²) in [7, 11) is 0. The molecule has 0 aliphatic heterocycles. The molecule has 0 radical (unpaired) electrons. The standard InChI is InChI=1S/C14H23BrN2/c1-5-17-13(14(2,3)4)7-6-11-8-12(15)10-16-9-11/h8-10,13,17H,5-7H2,1-4H3. The van der Waals surface area contributed by atoms with Crippen molar-refractivity contribution in [3.63, 3.8) is 0 Å². The molecule has 0 spiro atoms. The van der Waals surface area contributed by atoms with Gasteiger partial charge in [-0.15, -0.1) is 0 Å². The highest BCUT2D eigenvalue weighted by Gasteiger charge is 2.23. The van der Waals surface area contributed by atoms with E-state index in [0.717, 1.165) is 23.9 Å². The number of hydrogen-bond donors (Lipinski definition) is 1.